The molecule has 13 heteroatoms. The Hall–Kier alpha value is -6.83. The Kier molecular flexibility index (Phi) is 12.5. The number of carbonyl (C=O) groups excluding carboxylic acids is 2. The molecule has 0 fully saturated rings. The summed E-state index contributed by atoms with van der Waals surface area (Å²) in [6.45, 7) is 0.185. The van der Waals surface area contributed by atoms with Gasteiger partial charge in [0.2, 0.25) is 11.8 Å². The van der Waals surface area contributed by atoms with Crippen molar-refractivity contribution in [3.05, 3.63) is 138 Å². The number of rotatable bonds is 17. The minimum Gasteiger partial charge on any atom is -0.489 e. The van der Waals surface area contributed by atoms with Crippen LogP contribution in [0.25, 0.3) is 32.7 Å². The fourth-order valence-electron chi connectivity index (χ4n) is 6.12. The molecule has 0 aliphatic carbocycles. The van der Waals surface area contributed by atoms with E-state index in [0.717, 1.165) is 43.8 Å². The number of amides is 2. The molecule has 0 spiro atoms. The number of aromatic nitrogens is 1. The van der Waals surface area contributed by atoms with Crippen LogP contribution in [0.3, 0.4) is 0 Å². The van der Waals surface area contributed by atoms with Crippen LogP contribution in [-0.2, 0) is 45.2 Å². The summed E-state index contributed by atoms with van der Waals surface area (Å²) in [5.74, 6) is -2.00. The molecule has 0 bridgehead atoms. The van der Waals surface area contributed by atoms with Crippen molar-refractivity contribution in [1.82, 2.24) is 15.6 Å². The summed E-state index contributed by atoms with van der Waals surface area (Å²) in [7, 11) is 0. The third kappa shape index (κ3) is 10.2. The van der Waals surface area contributed by atoms with Crippen molar-refractivity contribution >= 4 is 45.3 Å². The van der Waals surface area contributed by atoms with Gasteiger partial charge in [0.1, 0.15) is 36.8 Å². The Labute approximate surface area is 322 Å². The molecule has 0 aliphatic rings. The summed E-state index contributed by atoms with van der Waals surface area (Å²) in [4.78, 5) is 50.9. The maximum absolute atomic E-state index is 12.4. The van der Waals surface area contributed by atoms with E-state index in [1.165, 1.54) is 0 Å². The summed E-state index contributed by atoms with van der Waals surface area (Å²) in [6, 6.07) is 33.0. The van der Waals surface area contributed by atoms with Crippen molar-refractivity contribution in [2.45, 2.75) is 38.1 Å². The summed E-state index contributed by atoms with van der Waals surface area (Å²) in [5, 5.41) is 27.1. The number of nitrogens with zero attached hydrogens (tertiary/aromatic N) is 1. The first-order chi connectivity index (χ1) is 27.0. The van der Waals surface area contributed by atoms with Gasteiger partial charge in [-0.15, -0.1) is 0 Å². The minimum absolute atomic E-state index is 0.0310. The Morgan fingerprint density at radius 2 is 1.14 bits per heavy atom. The van der Waals surface area contributed by atoms with Crippen molar-refractivity contribution in [1.29, 1.82) is 0 Å². The molecular weight excluding hydrogens is 714 g/mol. The van der Waals surface area contributed by atoms with Crippen LogP contribution >= 0.6 is 0 Å². The highest BCUT2D eigenvalue weighted by Gasteiger charge is 2.16. The fourth-order valence-corrected chi connectivity index (χ4v) is 6.12. The number of benzene rings is 5. The zero-order valence-electron chi connectivity index (χ0n) is 30.3. The highest BCUT2D eigenvalue weighted by atomic mass is 16.5. The van der Waals surface area contributed by atoms with E-state index >= 15 is 0 Å². The topological polar surface area (TPSA) is 216 Å². The van der Waals surface area contributed by atoms with Gasteiger partial charge in [-0.2, -0.15) is 0 Å². The van der Waals surface area contributed by atoms with E-state index in [4.69, 9.17) is 31.2 Å². The van der Waals surface area contributed by atoms with E-state index in [1.54, 1.807) is 36.5 Å². The molecule has 6 aromatic rings. The monoisotopic (exact) mass is 755 g/mol. The lowest BCUT2D eigenvalue weighted by Crippen LogP contribution is -2.42. The van der Waals surface area contributed by atoms with Gasteiger partial charge in [0.25, 0.3) is 0 Å². The number of carboxylic acid groups (broad SMARTS) is 2. The van der Waals surface area contributed by atoms with E-state index < -0.39 is 24.0 Å². The van der Waals surface area contributed by atoms with Gasteiger partial charge in [0.05, 0.1) is 19.0 Å². The van der Waals surface area contributed by atoms with Crippen LogP contribution in [0.4, 0.5) is 0 Å². The predicted molar refractivity (Wildman–Crippen MR) is 211 cm³/mol. The van der Waals surface area contributed by atoms with E-state index in [0.29, 0.717) is 22.8 Å². The number of nitrogens with one attached hydrogen (secondary N) is 2. The molecule has 2 amide bonds. The molecule has 0 unspecified atom stereocenters. The van der Waals surface area contributed by atoms with Gasteiger partial charge < -0.3 is 41.8 Å². The van der Waals surface area contributed by atoms with Crippen LogP contribution in [0.2, 0.25) is 0 Å². The molecule has 5 aromatic carbocycles. The van der Waals surface area contributed by atoms with E-state index in [1.807, 2.05) is 30.3 Å². The molecule has 2 atom stereocenters. The second kappa shape index (κ2) is 18.0. The van der Waals surface area contributed by atoms with Crippen LogP contribution in [0.5, 0.6) is 11.5 Å². The summed E-state index contributed by atoms with van der Waals surface area (Å²) >= 11 is 0. The molecule has 286 valence electrons. The average molecular weight is 756 g/mol. The highest BCUT2D eigenvalue weighted by molar-refractivity contribution is 5.94. The first-order valence-corrected chi connectivity index (χ1v) is 17.9. The van der Waals surface area contributed by atoms with Crippen LogP contribution in [0, 0.1) is 0 Å². The number of ether oxygens (including phenoxy) is 2. The SMILES string of the molecule is N[C@@H](CNC(=O)Cc1cccc(OCc2cc(-c3cc(COc4ccc(CC(=O)NC[C@H](N)C(=O)O)nc4)c4ccccc4c3)cc3ccccc23)c1)C(=O)O. The molecule has 0 saturated heterocycles. The molecule has 13 nitrogen and oxygen atoms in total. The summed E-state index contributed by atoms with van der Waals surface area (Å²) < 4.78 is 12.5. The molecule has 1 aromatic heterocycles. The van der Waals surface area contributed by atoms with Crippen molar-refractivity contribution < 1.29 is 38.9 Å². The number of fused-ring (bicyclic) bond motifs is 2. The van der Waals surface area contributed by atoms with E-state index in [2.05, 4.69) is 64.1 Å². The van der Waals surface area contributed by atoms with Crippen molar-refractivity contribution in [3.8, 4) is 22.6 Å². The van der Waals surface area contributed by atoms with Crippen molar-refractivity contribution in [2.24, 2.45) is 11.5 Å². The number of pyridine rings is 1. The highest BCUT2D eigenvalue weighted by Crippen LogP contribution is 2.33. The first-order valence-electron chi connectivity index (χ1n) is 17.9. The van der Waals surface area contributed by atoms with E-state index in [-0.39, 0.29) is 51.0 Å². The number of hydrogen-bond acceptors (Lipinski definition) is 9. The second-order valence-corrected chi connectivity index (χ2v) is 13.3. The maximum atomic E-state index is 12.4. The number of hydrogen-bond donors (Lipinski definition) is 6. The summed E-state index contributed by atoms with van der Waals surface area (Å²) in [5.41, 5.74) is 16.1. The Morgan fingerprint density at radius 3 is 1.68 bits per heavy atom. The Morgan fingerprint density at radius 1 is 0.607 bits per heavy atom. The summed E-state index contributed by atoms with van der Waals surface area (Å²) in [6.07, 6.45) is 1.57. The zero-order chi connectivity index (χ0) is 39.6. The molecule has 0 aliphatic heterocycles. The normalized spacial score (nSPS) is 12.1. The van der Waals surface area contributed by atoms with Gasteiger partial charge in [0, 0.05) is 18.8 Å². The molecule has 0 saturated carbocycles. The Balaban J connectivity index is 1.17. The smallest absolute Gasteiger partial charge is 0.322 e. The lowest BCUT2D eigenvalue weighted by atomic mass is 9.93. The van der Waals surface area contributed by atoms with Crippen LogP contribution in [-0.4, -0.2) is 64.1 Å². The van der Waals surface area contributed by atoms with Crippen LogP contribution in [0.1, 0.15) is 22.4 Å². The van der Waals surface area contributed by atoms with E-state index in [9.17, 15) is 19.2 Å². The standard InChI is InChI=1S/C43H41N5O8/c44-38(42(51)52)22-47-40(49)15-26-6-5-9-34(14-26)55-24-31-18-29(16-27-7-1-3-10-36(27)31)30-17-28-8-2-4-11-37(28)32(19-30)25-56-35-13-12-33(46-21-35)20-41(50)48-23-39(45)43(53)54/h1-14,16-19,21,38-39H,15,20,22-25,44-45H2,(H,47,49)(H,48,50)(H,51,52)(H,53,54)/t38-,39-/m0/s1. The number of aliphatic carboxylic acids is 2. The molecule has 6 rings (SSSR count). The minimum atomic E-state index is -1.19. The predicted octanol–water partition coefficient (Wildman–Crippen LogP) is 4.35. The molecule has 8 N–H and O–H groups in total. The number of carbonyl (C=O) groups is 4. The Bertz CT molecular complexity index is 2380. The fraction of sp³-hybridized carbons (Fsp3) is 0.186. The van der Waals surface area contributed by atoms with Gasteiger partial charge in [-0.3, -0.25) is 24.2 Å². The van der Waals surface area contributed by atoms with Crippen LogP contribution in [0.15, 0.2) is 115 Å². The number of nitrogens with two attached hydrogens (primary N) is 2. The van der Waals surface area contributed by atoms with Crippen LogP contribution < -0.4 is 31.6 Å². The quantitative estimate of drug-likeness (QED) is 0.0769. The average Bonchev–Trinajstić information content (AvgIpc) is 3.20. The third-order valence-electron chi connectivity index (χ3n) is 9.09. The first kappa shape index (κ1) is 38.9. The maximum Gasteiger partial charge on any atom is 0.322 e. The van der Waals surface area contributed by atoms with Gasteiger partial charge in [0.15, 0.2) is 0 Å². The number of carboxylic acids is 2. The largest absolute Gasteiger partial charge is 0.489 e. The zero-order valence-corrected chi connectivity index (χ0v) is 30.3. The lowest BCUT2D eigenvalue weighted by molar-refractivity contribution is -0.139. The van der Waals surface area contributed by atoms with Gasteiger partial charge in [-0.25, -0.2) is 0 Å². The third-order valence-corrected chi connectivity index (χ3v) is 9.09. The second-order valence-electron chi connectivity index (χ2n) is 13.3. The molecule has 1 heterocycles. The molecule has 0 radical (unpaired) electrons. The van der Waals surface area contributed by atoms with Crippen molar-refractivity contribution in [2.75, 3.05) is 13.1 Å². The molecule has 56 heavy (non-hydrogen) atoms. The van der Waals surface area contributed by atoms with Gasteiger partial charge in [-0.05, 0) is 97.9 Å². The van der Waals surface area contributed by atoms with Crippen molar-refractivity contribution in [3.63, 3.8) is 0 Å². The molecular formula is C43H41N5O8. The lowest BCUT2D eigenvalue weighted by Gasteiger charge is -2.15. The van der Waals surface area contributed by atoms with Gasteiger partial charge >= 0.3 is 11.9 Å². The van der Waals surface area contributed by atoms with Gasteiger partial charge in [-0.1, -0.05) is 60.7 Å².